The molecule has 0 aliphatic rings. The van der Waals surface area contributed by atoms with Gasteiger partial charge in [0.2, 0.25) is 0 Å². The van der Waals surface area contributed by atoms with Gasteiger partial charge in [0.25, 0.3) is 0 Å². The van der Waals surface area contributed by atoms with E-state index in [0.717, 1.165) is 0 Å². The first kappa shape index (κ1) is 157. The molecule has 92 valence electrons. The summed E-state index contributed by atoms with van der Waals surface area (Å²) in [7, 11) is 0. The van der Waals surface area contributed by atoms with Gasteiger partial charge in [0.15, 0.2) is 0 Å². The van der Waals surface area contributed by atoms with Crippen molar-refractivity contribution < 1.29 is 24.5 Å². The van der Waals surface area contributed by atoms with E-state index >= 15 is 0 Å². The Kier molecular flexibility index (Phi) is 7330. The van der Waals surface area contributed by atoms with Crippen molar-refractivity contribution in [1.29, 1.82) is 0.194 Å². The molecule has 0 heterocycles. The van der Waals surface area contributed by atoms with Crippen molar-refractivity contribution in [2.45, 2.75) is 74.3 Å². The predicted molar refractivity (Wildman–Crippen MR) is 82.7 cm³/mol. The van der Waals surface area contributed by atoms with Crippen molar-refractivity contribution in [3.63, 3.8) is 0 Å². The van der Waals surface area contributed by atoms with Crippen LogP contribution < -0.4 is 0 Å². The van der Waals surface area contributed by atoms with E-state index < -0.39 is 24.5 Å². The summed E-state index contributed by atoms with van der Waals surface area (Å²) >= 11 is 1.38. The molecule has 0 saturated heterocycles. The van der Waals surface area contributed by atoms with Crippen molar-refractivity contribution in [2.24, 2.45) is 0 Å². The van der Waals surface area contributed by atoms with Gasteiger partial charge in [-0.3, -0.25) is 0 Å². The number of rotatable bonds is 0. The molecule has 0 aliphatic heterocycles. The second kappa shape index (κ2) is 559. The van der Waals surface area contributed by atoms with Gasteiger partial charge in [-0.1, -0.05) is 74.3 Å². The van der Waals surface area contributed by atoms with Crippen molar-refractivity contribution >= 4 is 16.8 Å². The molecular formula is C10H41IU. The van der Waals surface area contributed by atoms with Crippen molar-refractivity contribution in [3.05, 3.63) is 0 Å². The first-order valence-corrected chi connectivity index (χ1v) is 11.8. The molecule has 0 rings (SSSR count). The Labute approximate surface area is 115 Å². The van der Waals surface area contributed by atoms with Gasteiger partial charge in [-0.05, 0) is 0 Å². The summed E-state index contributed by atoms with van der Waals surface area (Å²) in [6, 6.07) is 0. The molecule has 0 radical (unpaired) electrons. The maximum atomic E-state index is 6.40. The second-order valence-electron chi connectivity index (χ2n) is 0. The van der Waals surface area contributed by atoms with Gasteiger partial charge < -0.3 is 0 Å². The molecule has 0 aliphatic carbocycles. The monoisotopic (exact) mass is 527 g/mol. The molecule has 0 bridgehead atoms. The van der Waals surface area contributed by atoms with Crippen LogP contribution in [-0.2, 0) is 0 Å². The van der Waals surface area contributed by atoms with E-state index in [1.807, 2.05) is 0 Å². The number of hydrogen-bond donors (Lipinski definition) is 0. The molecule has 0 aromatic carbocycles. The molecule has 0 aromatic rings. The minimum atomic E-state index is -0.785. The van der Waals surface area contributed by atoms with Crippen LogP contribution in [0.1, 0.15) is 74.3 Å². The van der Waals surface area contributed by atoms with E-state index in [0.29, 0.717) is 0 Å². The molecular weight excluding hydrogens is 485 g/mol. The first-order valence-electron chi connectivity index (χ1n) is 0.689. The molecule has 0 amide bonds. The Morgan fingerprint density at radius 2 is 0.583 bits per heavy atom. The summed E-state index contributed by atoms with van der Waals surface area (Å²) in [5.74, 6) is 0. The molecule has 12 heavy (non-hydrogen) atoms. The van der Waals surface area contributed by atoms with Gasteiger partial charge in [0, 0.05) is 0 Å². The molecule has 0 aromatic heterocycles. The topological polar surface area (TPSA) is 0 Å². The molecule has 2 heteroatoms. The van der Waals surface area contributed by atoms with Crippen molar-refractivity contribution in [2.75, 3.05) is 0 Å². The van der Waals surface area contributed by atoms with Crippen LogP contribution in [0.4, 0.5) is 0 Å². The zero-order valence-electron chi connectivity index (χ0n) is 1.88. The summed E-state index contributed by atoms with van der Waals surface area (Å²) < 4.78 is 6.40. The Hall–Kier alpha value is 1.78. The number of hydrogen-bond acceptors (Lipinski definition) is 0. The Morgan fingerprint density at radius 1 is 0.583 bits per heavy atom. The average molecular weight is 527 g/mol. The Bertz CT molecular complexity index is 14.9. The Balaban J connectivity index is -0.000000000444. The fourth-order valence-electron chi connectivity index (χ4n) is 0. The zero-order chi connectivity index (χ0) is 2.71. The molecule has 0 N–H and O–H groups in total. The zero-order valence-corrected chi connectivity index (χ0v) is 7.20. The third-order valence-electron chi connectivity index (χ3n) is 0. The van der Waals surface area contributed by atoms with Crippen LogP contribution >= 0.6 is 16.8 Å². The quantitative estimate of drug-likeness (QED) is 0.299. The molecule has 0 spiro atoms. The normalized spacial score (nSPS) is 0.917. The second-order valence-corrected chi connectivity index (χ2v) is 0. The summed E-state index contributed by atoms with van der Waals surface area (Å²) in [4.78, 5) is 0. The van der Waals surface area contributed by atoms with Gasteiger partial charge in [0.05, 0.1) is 0 Å². The predicted octanol–water partition coefficient (Wildman–Crippen LogP) is 6.98. The van der Waals surface area contributed by atoms with E-state index in [1.165, 1.54) is 0 Å². The fraction of sp³-hybridized carbons (Fsp3) is 1.00. The third-order valence-corrected chi connectivity index (χ3v) is 0. The SMILES string of the molecule is C.C.C.C.C.C.C.C.C.C.[2H][U][I]. The summed E-state index contributed by atoms with van der Waals surface area (Å²) in [5.41, 5.74) is 0. The van der Waals surface area contributed by atoms with Crippen LogP contribution in [0.3, 0.4) is 0 Å². The van der Waals surface area contributed by atoms with Crippen LogP contribution in [0.5, 0.6) is 0 Å². The van der Waals surface area contributed by atoms with Crippen LogP contribution in [0.2, 0.25) is 0 Å². The van der Waals surface area contributed by atoms with Gasteiger partial charge in [-0.25, -0.2) is 0 Å². The fourth-order valence-corrected chi connectivity index (χ4v) is 0. The molecule has 0 unspecified atom stereocenters. The van der Waals surface area contributed by atoms with Crippen LogP contribution in [0.15, 0.2) is 0 Å². The molecule has 0 nitrogen and oxygen atoms in total. The molecule has 0 saturated carbocycles. The number of halogens is 1. The average Bonchev–Trinajstić information content (AvgIpc) is 0.918. The Morgan fingerprint density at radius 3 is 0.583 bits per heavy atom. The summed E-state index contributed by atoms with van der Waals surface area (Å²) in [6.45, 7) is 0. The maximum absolute atomic E-state index is 6.40. The van der Waals surface area contributed by atoms with Gasteiger partial charge in [-0.15, -0.1) is 0 Å². The van der Waals surface area contributed by atoms with E-state index in [-0.39, 0.29) is 74.3 Å². The summed E-state index contributed by atoms with van der Waals surface area (Å²) in [5, 5.41) is 0. The van der Waals surface area contributed by atoms with Crippen LogP contribution in [0.25, 0.3) is 0 Å². The van der Waals surface area contributed by atoms with Crippen LogP contribution in [-0.4, -0.2) is 0.194 Å². The summed E-state index contributed by atoms with van der Waals surface area (Å²) in [6.07, 6.45) is 0. The van der Waals surface area contributed by atoms with E-state index in [2.05, 4.69) is 16.8 Å². The van der Waals surface area contributed by atoms with Crippen molar-refractivity contribution in [1.82, 2.24) is 0 Å². The minimum absolute atomic E-state index is 0. The van der Waals surface area contributed by atoms with Crippen molar-refractivity contribution in [3.8, 4) is 0 Å². The van der Waals surface area contributed by atoms with E-state index in [9.17, 15) is 0 Å². The molecule has 0 atom stereocenters. The van der Waals surface area contributed by atoms with Gasteiger partial charge in [-0.2, -0.15) is 0 Å². The van der Waals surface area contributed by atoms with E-state index in [1.54, 1.807) is 0 Å². The van der Waals surface area contributed by atoms with Crippen LogP contribution in [0, 0.1) is 24.5 Å². The standard InChI is InChI=1S/10CH4.HI.U.H/h10*1H4;1H;;/q;;;;;;;;;;;+1;/p-1/i;;;;;;;;;;;;1+1. The third kappa shape index (κ3) is 431. The van der Waals surface area contributed by atoms with Gasteiger partial charge >= 0.3 is 41.5 Å². The van der Waals surface area contributed by atoms with E-state index in [4.69, 9.17) is 0.194 Å². The molecule has 0 fully saturated rings. The first-order chi connectivity index (χ1) is 1.41. The van der Waals surface area contributed by atoms with Gasteiger partial charge in [0.1, 0.15) is 0 Å².